The van der Waals surface area contributed by atoms with Crippen molar-refractivity contribution in [1.82, 2.24) is 10.2 Å². The molecular formula is C18H29ClN2. The van der Waals surface area contributed by atoms with Crippen LogP contribution in [0.3, 0.4) is 0 Å². The molecule has 1 atom stereocenters. The van der Waals surface area contributed by atoms with Crippen LogP contribution in [0.15, 0.2) is 24.3 Å². The lowest BCUT2D eigenvalue weighted by Gasteiger charge is -2.46. The van der Waals surface area contributed by atoms with Crippen LogP contribution in [0, 0.1) is 0 Å². The van der Waals surface area contributed by atoms with Crippen LogP contribution in [0.1, 0.15) is 45.1 Å². The van der Waals surface area contributed by atoms with E-state index in [1.807, 2.05) is 12.1 Å². The lowest BCUT2D eigenvalue weighted by molar-refractivity contribution is 0.0658. The minimum atomic E-state index is 0.317. The molecule has 1 fully saturated rings. The number of likely N-dealkylation sites (N-methyl/N-ethyl adjacent to an activating group) is 2. The van der Waals surface area contributed by atoms with Crippen molar-refractivity contribution in [3.63, 3.8) is 0 Å². The lowest BCUT2D eigenvalue weighted by Crippen LogP contribution is -2.60. The number of benzene rings is 1. The summed E-state index contributed by atoms with van der Waals surface area (Å²) < 4.78 is 0. The second-order valence-corrected chi connectivity index (χ2v) is 6.59. The van der Waals surface area contributed by atoms with Gasteiger partial charge in [-0.15, -0.1) is 0 Å². The third-order valence-electron chi connectivity index (χ3n) is 5.21. The number of nitrogens with one attached hydrogen (secondary N) is 1. The fourth-order valence-electron chi connectivity index (χ4n) is 4.14. The van der Waals surface area contributed by atoms with Gasteiger partial charge >= 0.3 is 0 Å². The Balaban J connectivity index is 2.21. The van der Waals surface area contributed by atoms with E-state index in [2.05, 4.69) is 43.2 Å². The summed E-state index contributed by atoms with van der Waals surface area (Å²) in [5, 5.41) is 4.44. The molecule has 1 aliphatic carbocycles. The Morgan fingerprint density at radius 3 is 2.19 bits per heavy atom. The number of nitrogens with zero attached hydrogens (tertiary/aromatic N) is 1. The third-order valence-corrected chi connectivity index (χ3v) is 5.46. The summed E-state index contributed by atoms with van der Waals surface area (Å²) in [4.78, 5) is 2.68. The van der Waals surface area contributed by atoms with Gasteiger partial charge in [-0.2, -0.15) is 0 Å². The Labute approximate surface area is 134 Å². The Morgan fingerprint density at radius 1 is 1.14 bits per heavy atom. The monoisotopic (exact) mass is 308 g/mol. The summed E-state index contributed by atoms with van der Waals surface area (Å²) in [5.74, 6) is 0. The molecule has 1 aliphatic rings. The van der Waals surface area contributed by atoms with E-state index in [1.54, 1.807) is 0 Å². The zero-order valence-electron chi connectivity index (χ0n) is 13.7. The van der Waals surface area contributed by atoms with Crippen LogP contribution in [0.4, 0.5) is 0 Å². The zero-order valence-corrected chi connectivity index (χ0v) is 14.4. The van der Waals surface area contributed by atoms with Gasteiger partial charge in [0.15, 0.2) is 0 Å². The standard InChI is InChI=1S/C18H29ClN2/c1-4-21(5-2)18(12-6-7-13-18)17(20-3)14-15-8-10-16(19)11-9-15/h8-11,17,20H,4-7,12-14H2,1-3H3. The highest BCUT2D eigenvalue weighted by Gasteiger charge is 2.44. The smallest absolute Gasteiger partial charge is 0.0406 e. The summed E-state index contributed by atoms with van der Waals surface area (Å²) >= 11 is 6.01. The molecule has 2 nitrogen and oxygen atoms in total. The first-order valence-electron chi connectivity index (χ1n) is 8.33. The zero-order chi connectivity index (χ0) is 15.3. The Kier molecular flexibility index (Phi) is 6.09. The predicted octanol–water partition coefficient (Wildman–Crippen LogP) is 4.13. The van der Waals surface area contributed by atoms with Crippen molar-refractivity contribution in [3.8, 4) is 0 Å². The van der Waals surface area contributed by atoms with Gasteiger partial charge in [-0.3, -0.25) is 4.90 Å². The summed E-state index contributed by atoms with van der Waals surface area (Å²) in [6.45, 7) is 6.85. The average Bonchev–Trinajstić information content (AvgIpc) is 2.98. The van der Waals surface area contributed by atoms with E-state index >= 15 is 0 Å². The first kappa shape index (κ1) is 16.8. The van der Waals surface area contributed by atoms with E-state index in [0.717, 1.165) is 24.5 Å². The summed E-state index contributed by atoms with van der Waals surface area (Å²) in [6, 6.07) is 8.83. The normalized spacial score (nSPS) is 19.1. The molecule has 0 aliphatic heterocycles. The van der Waals surface area contributed by atoms with Crippen molar-refractivity contribution in [2.24, 2.45) is 0 Å². The number of halogens is 1. The maximum absolute atomic E-state index is 6.01. The van der Waals surface area contributed by atoms with Gasteiger partial charge in [-0.25, -0.2) is 0 Å². The van der Waals surface area contributed by atoms with Crippen LogP contribution in [0.25, 0.3) is 0 Å². The van der Waals surface area contributed by atoms with Crippen LogP contribution in [-0.2, 0) is 6.42 Å². The molecule has 1 N–H and O–H groups in total. The van der Waals surface area contributed by atoms with E-state index in [9.17, 15) is 0 Å². The largest absolute Gasteiger partial charge is 0.315 e. The second-order valence-electron chi connectivity index (χ2n) is 6.15. The molecule has 0 amide bonds. The molecule has 0 radical (unpaired) electrons. The first-order chi connectivity index (χ1) is 10.2. The SMILES string of the molecule is CCN(CC)C1(C(Cc2ccc(Cl)cc2)NC)CCCC1. The minimum absolute atomic E-state index is 0.317. The van der Waals surface area contributed by atoms with Gasteiger partial charge in [0, 0.05) is 16.6 Å². The maximum atomic E-state index is 6.01. The van der Waals surface area contributed by atoms with Crippen molar-refractivity contribution in [1.29, 1.82) is 0 Å². The molecule has 0 heterocycles. The molecule has 0 bridgehead atoms. The predicted molar refractivity (Wildman–Crippen MR) is 92.1 cm³/mol. The molecule has 2 rings (SSSR count). The van der Waals surface area contributed by atoms with Gasteiger partial charge in [0.1, 0.15) is 0 Å². The van der Waals surface area contributed by atoms with Crippen LogP contribution in [-0.4, -0.2) is 36.6 Å². The molecule has 0 spiro atoms. The van der Waals surface area contributed by atoms with Gasteiger partial charge in [0.25, 0.3) is 0 Å². The molecule has 1 aromatic carbocycles. The number of hydrogen-bond donors (Lipinski definition) is 1. The Hall–Kier alpha value is -0.570. The summed E-state index contributed by atoms with van der Waals surface area (Å²) in [7, 11) is 2.12. The fraction of sp³-hybridized carbons (Fsp3) is 0.667. The molecule has 1 saturated carbocycles. The molecule has 1 unspecified atom stereocenters. The van der Waals surface area contributed by atoms with Crippen molar-refractivity contribution in [2.75, 3.05) is 20.1 Å². The first-order valence-corrected chi connectivity index (χ1v) is 8.70. The lowest BCUT2D eigenvalue weighted by atomic mass is 9.82. The van der Waals surface area contributed by atoms with Gasteiger partial charge in [-0.1, -0.05) is 50.4 Å². The Morgan fingerprint density at radius 2 is 1.71 bits per heavy atom. The van der Waals surface area contributed by atoms with Gasteiger partial charge in [0.05, 0.1) is 0 Å². The van der Waals surface area contributed by atoms with E-state index in [-0.39, 0.29) is 0 Å². The van der Waals surface area contributed by atoms with Gasteiger partial charge < -0.3 is 5.32 Å². The van der Waals surface area contributed by atoms with E-state index in [4.69, 9.17) is 11.6 Å². The molecule has 0 aromatic heterocycles. The van der Waals surface area contributed by atoms with E-state index in [1.165, 1.54) is 31.2 Å². The average molecular weight is 309 g/mol. The van der Waals surface area contributed by atoms with E-state index < -0.39 is 0 Å². The number of hydrogen-bond acceptors (Lipinski definition) is 2. The summed E-state index contributed by atoms with van der Waals surface area (Å²) in [6.07, 6.45) is 6.41. The molecular weight excluding hydrogens is 280 g/mol. The molecule has 21 heavy (non-hydrogen) atoms. The van der Waals surface area contributed by atoms with Crippen molar-refractivity contribution >= 4 is 11.6 Å². The van der Waals surface area contributed by atoms with Crippen LogP contribution >= 0.6 is 11.6 Å². The Bertz CT molecular complexity index is 419. The molecule has 118 valence electrons. The number of rotatable bonds is 7. The minimum Gasteiger partial charge on any atom is -0.315 e. The van der Waals surface area contributed by atoms with Gasteiger partial charge in [0.2, 0.25) is 0 Å². The van der Waals surface area contributed by atoms with Crippen LogP contribution in [0.2, 0.25) is 5.02 Å². The van der Waals surface area contributed by atoms with Gasteiger partial charge in [-0.05, 0) is 57.1 Å². The van der Waals surface area contributed by atoms with Crippen molar-refractivity contribution in [2.45, 2.75) is 57.5 Å². The summed E-state index contributed by atoms with van der Waals surface area (Å²) in [5.41, 5.74) is 1.69. The van der Waals surface area contributed by atoms with E-state index in [0.29, 0.717) is 11.6 Å². The maximum Gasteiger partial charge on any atom is 0.0406 e. The molecule has 3 heteroatoms. The van der Waals surface area contributed by atoms with Crippen LogP contribution in [0.5, 0.6) is 0 Å². The second kappa shape index (κ2) is 7.62. The van der Waals surface area contributed by atoms with Crippen LogP contribution < -0.4 is 5.32 Å². The highest BCUT2D eigenvalue weighted by Crippen LogP contribution is 2.39. The van der Waals surface area contributed by atoms with Crippen molar-refractivity contribution in [3.05, 3.63) is 34.9 Å². The third kappa shape index (κ3) is 3.61. The highest BCUT2D eigenvalue weighted by molar-refractivity contribution is 6.30. The fourth-order valence-corrected chi connectivity index (χ4v) is 4.27. The molecule has 1 aromatic rings. The highest BCUT2D eigenvalue weighted by atomic mass is 35.5. The quantitative estimate of drug-likeness (QED) is 0.815. The molecule has 0 saturated heterocycles. The topological polar surface area (TPSA) is 15.3 Å². The van der Waals surface area contributed by atoms with Crippen molar-refractivity contribution < 1.29 is 0 Å².